The van der Waals surface area contributed by atoms with Crippen LogP contribution >= 0.6 is 0 Å². The summed E-state index contributed by atoms with van der Waals surface area (Å²) in [5, 5.41) is 8.86. The monoisotopic (exact) mass is 423 g/mol. The molecule has 0 aliphatic carbocycles. The third-order valence-electron chi connectivity index (χ3n) is 4.92. The van der Waals surface area contributed by atoms with Crippen LogP contribution in [0, 0.1) is 11.3 Å². The standard InChI is InChI=1S/C20H20F3N3O2S/c1-15-13-25(14-17-8-6-16(12-24)7-9-17)10-11-26(15)29(27,28)19-5-3-2-4-18(19)20(21,22)23/h2-9,15H,10-11,13-14H2,1H3. The molecule has 0 spiro atoms. The first-order valence-corrected chi connectivity index (χ1v) is 10.5. The van der Waals surface area contributed by atoms with Crippen molar-refractivity contribution in [2.24, 2.45) is 0 Å². The molecule has 1 atom stereocenters. The maximum absolute atomic E-state index is 13.3. The maximum atomic E-state index is 13.3. The van der Waals surface area contributed by atoms with Crippen molar-refractivity contribution in [3.8, 4) is 6.07 Å². The van der Waals surface area contributed by atoms with Crippen molar-refractivity contribution < 1.29 is 21.6 Å². The average molecular weight is 423 g/mol. The SMILES string of the molecule is CC1CN(Cc2ccc(C#N)cc2)CCN1S(=O)(=O)c1ccccc1C(F)(F)F. The minimum absolute atomic E-state index is 0.103. The summed E-state index contributed by atoms with van der Waals surface area (Å²) in [4.78, 5) is 1.34. The Hall–Kier alpha value is -2.41. The number of nitrogens with zero attached hydrogens (tertiary/aromatic N) is 3. The molecule has 3 rings (SSSR count). The first-order valence-electron chi connectivity index (χ1n) is 9.02. The van der Waals surface area contributed by atoms with Gasteiger partial charge in [0, 0.05) is 32.2 Å². The number of halogens is 3. The van der Waals surface area contributed by atoms with Gasteiger partial charge in [-0.3, -0.25) is 4.90 Å². The second kappa shape index (κ2) is 8.14. The van der Waals surface area contributed by atoms with Crippen molar-refractivity contribution in [1.29, 1.82) is 5.26 Å². The second-order valence-electron chi connectivity index (χ2n) is 7.00. The highest BCUT2D eigenvalue weighted by Crippen LogP contribution is 2.36. The van der Waals surface area contributed by atoms with E-state index in [2.05, 4.69) is 6.07 Å². The van der Waals surface area contributed by atoms with E-state index in [1.54, 1.807) is 19.1 Å². The first kappa shape index (κ1) is 21.3. The Labute approximate surface area is 168 Å². The summed E-state index contributed by atoms with van der Waals surface area (Å²) in [6.45, 7) is 3.17. The molecule has 1 aliphatic heterocycles. The number of sulfonamides is 1. The Morgan fingerprint density at radius 3 is 2.34 bits per heavy atom. The highest BCUT2D eigenvalue weighted by Gasteiger charge is 2.41. The van der Waals surface area contributed by atoms with Crippen LogP contribution in [-0.4, -0.2) is 43.3 Å². The highest BCUT2D eigenvalue weighted by atomic mass is 32.2. The highest BCUT2D eigenvalue weighted by molar-refractivity contribution is 7.89. The number of nitriles is 1. The minimum Gasteiger partial charge on any atom is -0.296 e. The van der Waals surface area contributed by atoms with Gasteiger partial charge in [-0.15, -0.1) is 0 Å². The summed E-state index contributed by atoms with van der Waals surface area (Å²) in [6.07, 6.45) is -4.75. The predicted molar refractivity (Wildman–Crippen MR) is 101 cm³/mol. The van der Waals surface area contributed by atoms with Crippen LogP contribution in [0.1, 0.15) is 23.6 Å². The van der Waals surface area contributed by atoms with Crippen LogP contribution in [0.4, 0.5) is 13.2 Å². The van der Waals surface area contributed by atoms with E-state index in [0.717, 1.165) is 22.0 Å². The Kier molecular flexibility index (Phi) is 5.98. The normalized spacial score (nSPS) is 19.1. The fourth-order valence-corrected chi connectivity index (χ4v) is 5.34. The molecule has 1 unspecified atom stereocenters. The number of hydrogen-bond acceptors (Lipinski definition) is 4. The second-order valence-corrected chi connectivity index (χ2v) is 8.86. The zero-order chi connectivity index (χ0) is 21.2. The average Bonchev–Trinajstić information content (AvgIpc) is 2.68. The van der Waals surface area contributed by atoms with E-state index >= 15 is 0 Å². The van der Waals surface area contributed by atoms with Crippen molar-refractivity contribution in [3.63, 3.8) is 0 Å². The Morgan fingerprint density at radius 2 is 1.76 bits per heavy atom. The van der Waals surface area contributed by atoms with Gasteiger partial charge in [0.15, 0.2) is 0 Å². The van der Waals surface area contributed by atoms with Gasteiger partial charge in [-0.05, 0) is 36.8 Å². The van der Waals surface area contributed by atoms with E-state index in [1.807, 2.05) is 17.0 Å². The van der Waals surface area contributed by atoms with E-state index in [-0.39, 0.29) is 6.54 Å². The van der Waals surface area contributed by atoms with Crippen LogP contribution in [0.3, 0.4) is 0 Å². The van der Waals surface area contributed by atoms with E-state index in [9.17, 15) is 21.6 Å². The molecule has 0 saturated carbocycles. The van der Waals surface area contributed by atoms with Gasteiger partial charge >= 0.3 is 6.18 Å². The van der Waals surface area contributed by atoms with Crippen molar-refractivity contribution in [2.45, 2.75) is 30.6 Å². The number of piperazine rings is 1. The minimum atomic E-state index is -4.75. The Morgan fingerprint density at radius 1 is 1.10 bits per heavy atom. The van der Waals surface area contributed by atoms with Crippen molar-refractivity contribution in [1.82, 2.24) is 9.21 Å². The van der Waals surface area contributed by atoms with Gasteiger partial charge in [0.1, 0.15) is 0 Å². The lowest BCUT2D eigenvalue weighted by Gasteiger charge is -2.39. The smallest absolute Gasteiger partial charge is 0.296 e. The predicted octanol–water partition coefficient (Wildman–Crippen LogP) is 3.47. The fraction of sp³-hybridized carbons (Fsp3) is 0.350. The zero-order valence-electron chi connectivity index (χ0n) is 15.7. The molecule has 154 valence electrons. The molecule has 0 amide bonds. The number of rotatable bonds is 4. The molecule has 5 nitrogen and oxygen atoms in total. The summed E-state index contributed by atoms with van der Waals surface area (Å²) >= 11 is 0. The molecule has 0 aromatic heterocycles. The van der Waals surface area contributed by atoms with Crippen LogP contribution in [0.2, 0.25) is 0 Å². The molecule has 29 heavy (non-hydrogen) atoms. The summed E-state index contributed by atoms with van der Waals surface area (Å²) in [5.74, 6) is 0. The lowest BCUT2D eigenvalue weighted by molar-refractivity contribution is -0.139. The summed E-state index contributed by atoms with van der Waals surface area (Å²) in [5.41, 5.74) is 0.392. The van der Waals surface area contributed by atoms with Crippen LogP contribution in [0.25, 0.3) is 0 Å². The Balaban J connectivity index is 1.76. The number of hydrogen-bond donors (Lipinski definition) is 0. The van der Waals surface area contributed by atoms with Crippen LogP contribution in [-0.2, 0) is 22.7 Å². The molecule has 9 heteroatoms. The fourth-order valence-electron chi connectivity index (χ4n) is 3.51. The third-order valence-corrected chi connectivity index (χ3v) is 6.99. The topological polar surface area (TPSA) is 64.4 Å². The Bertz CT molecular complexity index is 1010. The quantitative estimate of drug-likeness (QED) is 0.756. The molecule has 0 N–H and O–H groups in total. The molecule has 1 fully saturated rings. The first-order chi connectivity index (χ1) is 13.6. The number of alkyl halides is 3. The molecule has 1 aliphatic rings. The molecule has 1 heterocycles. The maximum Gasteiger partial charge on any atom is 0.417 e. The van der Waals surface area contributed by atoms with Crippen molar-refractivity contribution in [2.75, 3.05) is 19.6 Å². The van der Waals surface area contributed by atoms with E-state index < -0.39 is 32.7 Å². The van der Waals surface area contributed by atoms with Gasteiger partial charge in [0.2, 0.25) is 10.0 Å². The molecule has 2 aromatic carbocycles. The molecule has 0 radical (unpaired) electrons. The van der Waals surface area contributed by atoms with Crippen molar-refractivity contribution >= 4 is 10.0 Å². The van der Waals surface area contributed by atoms with Crippen LogP contribution in [0.5, 0.6) is 0 Å². The van der Waals surface area contributed by atoms with Gasteiger partial charge in [0.05, 0.1) is 22.1 Å². The lowest BCUT2D eigenvalue weighted by atomic mass is 10.1. The van der Waals surface area contributed by atoms with E-state index in [1.165, 1.54) is 12.1 Å². The number of benzene rings is 2. The largest absolute Gasteiger partial charge is 0.417 e. The molecule has 0 bridgehead atoms. The van der Waals surface area contributed by atoms with Gasteiger partial charge < -0.3 is 0 Å². The molecule has 1 saturated heterocycles. The van der Waals surface area contributed by atoms with Gasteiger partial charge in [-0.1, -0.05) is 24.3 Å². The van der Waals surface area contributed by atoms with E-state index in [0.29, 0.717) is 25.2 Å². The lowest BCUT2D eigenvalue weighted by Crippen LogP contribution is -2.53. The summed E-state index contributed by atoms with van der Waals surface area (Å²) in [6, 6.07) is 13.0. The van der Waals surface area contributed by atoms with Gasteiger partial charge in [-0.25, -0.2) is 8.42 Å². The summed E-state index contributed by atoms with van der Waals surface area (Å²) in [7, 11) is -4.28. The molecule has 2 aromatic rings. The molecular formula is C20H20F3N3O2S. The third kappa shape index (κ3) is 4.61. The van der Waals surface area contributed by atoms with Gasteiger partial charge in [0.25, 0.3) is 0 Å². The van der Waals surface area contributed by atoms with E-state index in [4.69, 9.17) is 5.26 Å². The molecular weight excluding hydrogens is 403 g/mol. The summed E-state index contributed by atoms with van der Waals surface area (Å²) < 4.78 is 67.0. The van der Waals surface area contributed by atoms with Gasteiger partial charge in [-0.2, -0.15) is 22.7 Å². The van der Waals surface area contributed by atoms with Crippen LogP contribution in [0.15, 0.2) is 53.4 Å². The van der Waals surface area contributed by atoms with Crippen molar-refractivity contribution in [3.05, 3.63) is 65.2 Å². The van der Waals surface area contributed by atoms with Crippen LogP contribution < -0.4 is 0 Å². The zero-order valence-corrected chi connectivity index (χ0v) is 16.5.